The molecule has 0 aliphatic heterocycles. The van der Waals surface area contributed by atoms with Crippen molar-refractivity contribution < 1.29 is 9.59 Å². The molecule has 1 saturated carbocycles. The van der Waals surface area contributed by atoms with Crippen LogP contribution in [0.1, 0.15) is 48.9 Å². The Balaban J connectivity index is 1.79. The van der Waals surface area contributed by atoms with Gasteiger partial charge in [-0.25, -0.2) is 0 Å². The molecular formula is C18H20N2O2S. The Morgan fingerprint density at radius 2 is 1.87 bits per heavy atom. The second-order valence-corrected chi connectivity index (χ2v) is 7.33. The SMILES string of the molecule is Cc1cc(C(=O)N(Cc2ccc(C(N)=O)cc2)C2CC2)sc1C. The van der Waals surface area contributed by atoms with Crippen LogP contribution in [0.25, 0.3) is 0 Å². The van der Waals surface area contributed by atoms with E-state index in [0.29, 0.717) is 18.2 Å². The van der Waals surface area contributed by atoms with Crippen LogP contribution in [0.3, 0.4) is 0 Å². The third kappa shape index (κ3) is 3.45. The van der Waals surface area contributed by atoms with Gasteiger partial charge in [-0.15, -0.1) is 11.3 Å². The molecule has 1 aliphatic carbocycles. The molecular weight excluding hydrogens is 308 g/mol. The first-order valence-electron chi connectivity index (χ1n) is 7.72. The topological polar surface area (TPSA) is 63.4 Å². The molecule has 0 bridgehead atoms. The third-order valence-corrected chi connectivity index (χ3v) is 5.36. The Labute approximate surface area is 139 Å². The molecule has 2 aromatic rings. The maximum absolute atomic E-state index is 12.8. The first-order chi connectivity index (χ1) is 11.0. The van der Waals surface area contributed by atoms with Crippen molar-refractivity contribution in [2.75, 3.05) is 0 Å². The fourth-order valence-corrected chi connectivity index (χ4v) is 3.53. The van der Waals surface area contributed by atoms with Gasteiger partial charge in [0.05, 0.1) is 4.88 Å². The van der Waals surface area contributed by atoms with Crippen LogP contribution in [0.5, 0.6) is 0 Å². The first-order valence-corrected chi connectivity index (χ1v) is 8.54. The summed E-state index contributed by atoms with van der Waals surface area (Å²) < 4.78 is 0. The highest BCUT2D eigenvalue weighted by Gasteiger charge is 2.33. The third-order valence-electron chi connectivity index (χ3n) is 4.22. The second-order valence-electron chi connectivity index (χ2n) is 6.08. The van der Waals surface area contributed by atoms with E-state index in [9.17, 15) is 9.59 Å². The van der Waals surface area contributed by atoms with E-state index in [1.54, 1.807) is 23.5 Å². The molecule has 120 valence electrons. The maximum Gasteiger partial charge on any atom is 0.264 e. The predicted octanol–water partition coefficient (Wildman–Crippen LogP) is 3.27. The molecule has 2 N–H and O–H groups in total. The summed E-state index contributed by atoms with van der Waals surface area (Å²) >= 11 is 1.56. The van der Waals surface area contributed by atoms with Gasteiger partial charge in [0.1, 0.15) is 0 Å². The van der Waals surface area contributed by atoms with Crippen molar-refractivity contribution in [1.29, 1.82) is 0 Å². The van der Waals surface area contributed by atoms with Crippen LogP contribution in [0, 0.1) is 13.8 Å². The van der Waals surface area contributed by atoms with E-state index in [0.717, 1.165) is 23.3 Å². The van der Waals surface area contributed by atoms with Crippen LogP contribution in [-0.4, -0.2) is 22.8 Å². The van der Waals surface area contributed by atoms with Crippen LogP contribution in [0.2, 0.25) is 0 Å². The Morgan fingerprint density at radius 3 is 2.35 bits per heavy atom. The van der Waals surface area contributed by atoms with Gasteiger partial charge < -0.3 is 10.6 Å². The van der Waals surface area contributed by atoms with Gasteiger partial charge in [-0.05, 0) is 56.0 Å². The molecule has 1 aromatic heterocycles. The smallest absolute Gasteiger partial charge is 0.264 e. The fourth-order valence-electron chi connectivity index (χ4n) is 2.54. The minimum Gasteiger partial charge on any atom is -0.366 e. The van der Waals surface area contributed by atoms with E-state index in [-0.39, 0.29) is 5.91 Å². The van der Waals surface area contributed by atoms with E-state index >= 15 is 0 Å². The molecule has 3 rings (SSSR count). The van der Waals surface area contributed by atoms with E-state index in [1.165, 1.54) is 10.4 Å². The molecule has 23 heavy (non-hydrogen) atoms. The number of amides is 2. The van der Waals surface area contributed by atoms with Gasteiger partial charge in [0, 0.05) is 23.0 Å². The average Bonchev–Trinajstić information content (AvgIpc) is 3.31. The number of thiophene rings is 1. The number of carbonyl (C=O) groups excluding carboxylic acids is 2. The van der Waals surface area contributed by atoms with Crippen molar-refractivity contribution >= 4 is 23.2 Å². The van der Waals surface area contributed by atoms with Crippen molar-refractivity contribution in [3.8, 4) is 0 Å². The van der Waals surface area contributed by atoms with E-state index in [2.05, 4.69) is 0 Å². The highest BCUT2D eigenvalue weighted by molar-refractivity contribution is 7.14. The second kappa shape index (κ2) is 6.16. The van der Waals surface area contributed by atoms with Crippen LogP contribution >= 0.6 is 11.3 Å². The van der Waals surface area contributed by atoms with Gasteiger partial charge in [-0.2, -0.15) is 0 Å². The summed E-state index contributed by atoms with van der Waals surface area (Å²) in [5.41, 5.74) is 7.93. The summed E-state index contributed by atoms with van der Waals surface area (Å²) in [7, 11) is 0. The zero-order chi connectivity index (χ0) is 16.6. The molecule has 0 saturated heterocycles. The average molecular weight is 328 g/mol. The number of hydrogen-bond acceptors (Lipinski definition) is 3. The van der Waals surface area contributed by atoms with Gasteiger partial charge in [0.2, 0.25) is 5.91 Å². The van der Waals surface area contributed by atoms with Crippen molar-refractivity contribution in [2.45, 2.75) is 39.3 Å². The minimum absolute atomic E-state index is 0.104. The quantitative estimate of drug-likeness (QED) is 0.915. The van der Waals surface area contributed by atoms with Crippen molar-refractivity contribution in [3.05, 3.63) is 56.8 Å². The van der Waals surface area contributed by atoms with Crippen molar-refractivity contribution in [1.82, 2.24) is 4.90 Å². The Hall–Kier alpha value is -2.14. The normalized spacial score (nSPS) is 13.8. The first kappa shape index (κ1) is 15.7. The summed E-state index contributed by atoms with van der Waals surface area (Å²) in [5.74, 6) is -0.330. The number of benzene rings is 1. The number of rotatable bonds is 5. The number of nitrogens with two attached hydrogens (primary N) is 1. The summed E-state index contributed by atoms with van der Waals surface area (Å²) in [4.78, 5) is 27.9. The Bertz CT molecular complexity index is 725. The number of primary amides is 1. The van der Waals surface area contributed by atoms with Crippen LogP contribution in [-0.2, 0) is 6.54 Å². The molecule has 0 unspecified atom stereocenters. The van der Waals surface area contributed by atoms with Gasteiger partial charge in [0.15, 0.2) is 0 Å². The number of hydrogen-bond donors (Lipinski definition) is 1. The molecule has 0 atom stereocenters. The Kier molecular flexibility index (Phi) is 4.22. The zero-order valence-corrected chi connectivity index (χ0v) is 14.2. The maximum atomic E-state index is 12.8. The van der Waals surface area contributed by atoms with Crippen molar-refractivity contribution in [3.63, 3.8) is 0 Å². The lowest BCUT2D eigenvalue weighted by molar-refractivity contribution is 0.0734. The standard InChI is InChI=1S/C18H20N2O2S/c1-11-9-16(23-12(11)2)18(22)20(15-7-8-15)10-13-3-5-14(6-4-13)17(19)21/h3-6,9,15H,7-8,10H2,1-2H3,(H2,19,21). The molecule has 1 aliphatic rings. The molecule has 4 nitrogen and oxygen atoms in total. The summed E-state index contributed by atoms with van der Waals surface area (Å²) in [6.07, 6.45) is 2.13. The highest BCUT2D eigenvalue weighted by Crippen LogP contribution is 2.32. The van der Waals surface area contributed by atoms with Crippen LogP contribution in [0.15, 0.2) is 30.3 Å². The van der Waals surface area contributed by atoms with E-state index in [1.807, 2.05) is 36.9 Å². The van der Waals surface area contributed by atoms with Gasteiger partial charge in [0.25, 0.3) is 5.91 Å². The van der Waals surface area contributed by atoms with Gasteiger partial charge >= 0.3 is 0 Å². The molecule has 1 aromatic carbocycles. The van der Waals surface area contributed by atoms with Crippen LogP contribution in [0.4, 0.5) is 0 Å². The van der Waals surface area contributed by atoms with Gasteiger partial charge in [-0.1, -0.05) is 12.1 Å². The molecule has 5 heteroatoms. The fraction of sp³-hybridized carbons (Fsp3) is 0.333. The lowest BCUT2D eigenvalue weighted by atomic mass is 10.1. The van der Waals surface area contributed by atoms with Gasteiger partial charge in [-0.3, -0.25) is 9.59 Å². The number of carbonyl (C=O) groups is 2. The Morgan fingerprint density at radius 1 is 1.22 bits per heavy atom. The molecule has 0 radical (unpaired) electrons. The summed E-state index contributed by atoms with van der Waals surface area (Å²) in [6.45, 7) is 4.64. The molecule has 1 fully saturated rings. The van der Waals surface area contributed by atoms with E-state index in [4.69, 9.17) is 5.73 Å². The lowest BCUT2D eigenvalue weighted by Gasteiger charge is -2.22. The predicted molar refractivity (Wildman–Crippen MR) is 91.6 cm³/mol. The zero-order valence-electron chi connectivity index (χ0n) is 13.3. The summed E-state index contributed by atoms with van der Waals surface area (Å²) in [6, 6.07) is 9.48. The monoisotopic (exact) mass is 328 g/mol. The number of nitrogens with zero attached hydrogens (tertiary/aromatic N) is 1. The van der Waals surface area contributed by atoms with Crippen LogP contribution < -0.4 is 5.73 Å². The number of aryl methyl sites for hydroxylation is 2. The lowest BCUT2D eigenvalue weighted by Crippen LogP contribution is -2.32. The van der Waals surface area contributed by atoms with E-state index < -0.39 is 5.91 Å². The largest absolute Gasteiger partial charge is 0.366 e. The molecule has 0 spiro atoms. The molecule has 1 heterocycles. The summed E-state index contributed by atoms with van der Waals surface area (Å²) in [5, 5.41) is 0. The molecule has 2 amide bonds. The minimum atomic E-state index is -0.434. The highest BCUT2D eigenvalue weighted by atomic mass is 32.1. The van der Waals surface area contributed by atoms with Crippen molar-refractivity contribution in [2.24, 2.45) is 5.73 Å².